The molecule has 1 fully saturated rings. The molecule has 2 atom stereocenters. The van der Waals surface area contributed by atoms with Crippen LogP contribution in [0.5, 0.6) is 5.75 Å². The number of fused-ring (bicyclic) bond motifs is 3. The first-order valence-corrected chi connectivity index (χ1v) is 8.54. The van der Waals surface area contributed by atoms with Crippen LogP contribution in [-0.2, 0) is 24.5 Å². The largest absolute Gasteiger partial charge is 0.474 e. The molecule has 1 aliphatic heterocycles. The third-order valence-electron chi connectivity index (χ3n) is 4.76. The third kappa shape index (κ3) is 2.21. The van der Waals surface area contributed by atoms with Crippen LogP contribution in [0.1, 0.15) is 52.5 Å². The third-order valence-corrected chi connectivity index (χ3v) is 4.76. The highest BCUT2D eigenvalue weighted by molar-refractivity contribution is 5.98. The topological polar surface area (TPSA) is 61.8 Å². The maximum absolute atomic E-state index is 13.1. The zero-order valence-electron chi connectivity index (χ0n) is 14.6. The number of benzene rings is 1. The smallest absolute Gasteiger partial charge is 0.352 e. The van der Waals surface area contributed by atoms with Gasteiger partial charge in [0.1, 0.15) is 11.2 Å². The Labute approximate surface area is 142 Å². The van der Waals surface area contributed by atoms with Gasteiger partial charge in [0, 0.05) is 5.56 Å². The second kappa shape index (κ2) is 5.80. The normalized spacial score (nSPS) is 27.6. The Morgan fingerprint density at radius 1 is 1.00 bits per heavy atom. The van der Waals surface area contributed by atoms with Gasteiger partial charge >= 0.3 is 11.9 Å². The number of rotatable bonds is 4. The molecule has 0 radical (unpaired) electrons. The van der Waals surface area contributed by atoms with Gasteiger partial charge in [0.05, 0.1) is 12.2 Å². The van der Waals surface area contributed by atoms with E-state index in [1.54, 1.807) is 33.8 Å². The van der Waals surface area contributed by atoms with Gasteiger partial charge in [0.2, 0.25) is 5.60 Å². The fourth-order valence-electron chi connectivity index (χ4n) is 3.92. The molecule has 1 aromatic rings. The van der Waals surface area contributed by atoms with Gasteiger partial charge in [-0.05, 0) is 53.0 Å². The van der Waals surface area contributed by atoms with Crippen LogP contribution >= 0.6 is 0 Å². The standard InChI is InChI=1S/C19H24O5/c1-12(2)22-16(20)18-10-7-11-19(18,17(21)23-13(3)4)24-15-9-6-5-8-14(15)18/h5-6,8-9,12-13H,7,10-11H2,1-4H3/t18-,19+/m0/s1. The molecule has 0 bridgehead atoms. The number of carbonyl (C=O) groups excluding carboxylic acids is 2. The van der Waals surface area contributed by atoms with Crippen LogP contribution in [0, 0.1) is 0 Å². The van der Waals surface area contributed by atoms with Gasteiger partial charge in [-0.2, -0.15) is 0 Å². The lowest BCUT2D eigenvalue weighted by molar-refractivity contribution is -0.179. The summed E-state index contributed by atoms with van der Waals surface area (Å²) in [4.78, 5) is 26.1. The maximum atomic E-state index is 13.1. The highest BCUT2D eigenvalue weighted by Gasteiger charge is 2.73. The Kier molecular flexibility index (Phi) is 4.06. The van der Waals surface area contributed by atoms with Gasteiger partial charge in [-0.3, -0.25) is 4.79 Å². The predicted molar refractivity (Wildman–Crippen MR) is 87.8 cm³/mol. The second-order valence-electron chi connectivity index (χ2n) is 7.09. The molecule has 2 aliphatic rings. The highest BCUT2D eigenvalue weighted by Crippen LogP contribution is 2.59. The summed E-state index contributed by atoms with van der Waals surface area (Å²) in [7, 11) is 0. The molecule has 0 spiro atoms. The molecule has 0 N–H and O–H groups in total. The molecule has 24 heavy (non-hydrogen) atoms. The molecule has 3 rings (SSSR count). The van der Waals surface area contributed by atoms with Gasteiger partial charge in [-0.1, -0.05) is 18.2 Å². The average Bonchev–Trinajstić information content (AvgIpc) is 2.99. The van der Waals surface area contributed by atoms with Gasteiger partial charge in [-0.25, -0.2) is 4.79 Å². The van der Waals surface area contributed by atoms with E-state index in [-0.39, 0.29) is 12.2 Å². The zero-order chi connectivity index (χ0) is 17.5. The molecule has 1 heterocycles. The Balaban J connectivity index is 2.14. The molecule has 1 aromatic carbocycles. The van der Waals surface area contributed by atoms with Gasteiger partial charge in [0.15, 0.2) is 0 Å². The minimum Gasteiger partial charge on any atom is -0.474 e. The van der Waals surface area contributed by atoms with E-state index in [1.165, 1.54) is 0 Å². The molecule has 5 nitrogen and oxygen atoms in total. The van der Waals surface area contributed by atoms with Crippen molar-refractivity contribution < 1.29 is 23.8 Å². The van der Waals surface area contributed by atoms with Crippen molar-refractivity contribution in [1.29, 1.82) is 0 Å². The van der Waals surface area contributed by atoms with Crippen LogP contribution in [0.15, 0.2) is 24.3 Å². The molecular weight excluding hydrogens is 308 g/mol. The number of hydrogen-bond acceptors (Lipinski definition) is 5. The predicted octanol–water partition coefficient (Wildman–Crippen LogP) is 3.14. The van der Waals surface area contributed by atoms with E-state index in [1.807, 2.05) is 18.2 Å². The molecule has 0 unspecified atom stereocenters. The SMILES string of the molecule is CC(C)OC(=O)[C@]12CCC[C@@]1(C(=O)OC(C)C)c1ccccc1O2. The Morgan fingerprint density at radius 2 is 1.62 bits per heavy atom. The van der Waals surface area contributed by atoms with Crippen molar-refractivity contribution in [3.05, 3.63) is 29.8 Å². The van der Waals surface area contributed by atoms with Crippen LogP contribution in [0.25, 0.3) is 0 Å². The van der Waals surface area contributed by atoms with Crippen molar-refractivity contribution in [3.63, 3.8) is 0 Å². The van der Waals surface area contributed by atoms with Crippen molar-refractivity contribution in [2.45, 2.75) is 70.2 Å². The summed E-state index contributed by atoms with van der Waals surface area (Å²) in [5, 5.41) is 0. The lowest BCUT2D eigenvalue weighted by Crippen LogP contribution is -2.59. The van der Waals surface area contributed by atoms with Gasteiger partial charge < -0.3 is 14.2 Å². The van der Waals surface area contributed by atoms with Crippen molar-refractivity contribution in [2.75, 3.05) is 0 Å². The van der Waals surface area contributed by atoms with Crippen LogP contribution in [0.3, 0.4) is 0 Å². The highest BCUT2D eigenvalue weighted by atomic mass is 16.6. The minimum absolute atomic E-state index is 0.265. The van der Waals surface area contributed by atoms with E-state index in [0.29, 0.717) is 25.0 Å². The van der Waals surface area contributed by atoms with Crippen LogP contribution in [-0.4, -0.2) is 29.7 Å². The quantitative estimate of drug-likeness (QED) is 0.793. The summed E-state index contributed by atoms with van der Waals surface area (Å²) in [5.41, 5.74) is -1.72. The molecule has 0 aromatic heterocycles. The van der Waals surface area contributed by atoms with Crippen molar-refractivity contribution in [2.24, 2.45) is 0 Å². The van der Waals surface area contributed by atoms with Crippen molar-refractivity contribution >= 4 is 11.9 Å². The number of hydrogen-bond donors (Lipinski definition) is 0. The molecule has 1 saturated carbocycles. The number of ether oxygens (including phenoxy) is 3. The lowest BCUT2D eigenvalue weighted by atomic mass is 9.70. The monoisotopic (exact) mass is 332 g/mol. The fourth-order valence-corrected chi connectivity index (χ4v) is 3.92. The summed E-state index contributed by atoms with van der Waals surface area (Å²) in [6, 6.07) is 7.34. The molecule has 1 aliphatic carbocycles. The minimum atomic E-state index is -1.33. The summed E-state index contributed by atoms with van der Waals surface area (Å²) in [6.45, 7) is 7.19. The molecule has 0 saturated heterocycles. The summed E-state index contributed by atoms with van der Waals surface area (Å²) in [5.74, 6) is -0.314. The van der Waals surface area contributed by atoms with E-state index in [4.69, 9.17) is 14.2 Å². The van der Waals surface area contributed by atoms with Crippen LogP contribution < -0.4 is 4.74 Å². The first-order chi connectivity index (χ1) is 11.3. The van der Waals surface area contributed by atoms with Gasteiger partial charge in [0.25, 0.3) is 0 Å². The summed E-state index contributed by atoms with van der Waals surface area (Å²) < 4.78 is 17.1. The van der Waals surface area contributed by atoms with Gasteiger partial charge in [-0.15, -0.1) is 0 Å². The lowest BCUT2D eigenvalue weighted by Gasteiger charge is -2.36. The molecule has 0 amide bonds. The van der Waals surface area contributed by atoms with Crippen LogP contribution in [0.2, 0.25) is 0 Å². The van der Waals surface area contributed by atoms with E-state index in [9.17, 15) is 9.59 Å². The first kappa shape index (κ1) is 16.8. The Morgan fingerprint density at radius 3 is 2.29 bits per heavy atom. The second-order valence-corrected chi connectivity index (χ2v) is 7.09. The van der Waals surface area contributed by atoms with E-state index >= 15 is 0 Å². The van der Waals surface area contributed by atoms with Crippen molar-refractivity contribution in [3.8, 4) is 5.75 Å². The Hall–Kier alpha value is -2.04. The number of para-hydroxylation sites is 1. The zero-order valence-corrected chi connectivity index (χ0v) is 14.6. The first-order valence-electron chi connectivity index (χ1n) is 8.54. The maximum Gasteiger partial charge on any atom is 0.352 e. The Bertz CT molecular complexity index is 665. The van der Waals surface area contributed by atoms with E-state index < -0.39 is 23.0 Å². The number of carbonyl (C=O) groups is 2. The number of esters is 2. The van der Waals surface area contributed by atoms with Crippen LogP contribution in [0.4, 0.5) is 0 Å². The van der Waals surface area contributed by atoms with Crippen molar-refractivity contribution in [1.82, 2.24) is 0 Å². The van der Waals surface area contributed by atoms with E-state index in [0.717, 1.165) is 5.56 Å². The summed E-state index contributed by atoms with van der Waals surface area (Å²) in [6.07, 6.45) is 1.12. The fraction of sp³-hybridized carbons (Fsp3) is 0.579. The summed E-state index contributed by atoms with van der Waals surface area (Å²) >= 11 is 0. The molecular formula is C19H24O5. The van der Waals surface area contributed by atoms with E-state index in [2.05, 4.69) is 0 Å². The molecule has 130 valence electrons. The average molecular weight is 332 g/mol. The molecule has 5 heteroatoms.